The molecule has 4 unspecified atom stereocenters. The lowest BCUT2D eigenvalue weighted by Gasteiger charge is -2.24. The van der Waals surface area contributed by atoms with Crippen LogP contribution in [0.4, 0.5) is 0 Å². The van der Waals surface area contributed by atoms with Crippen LogP contribution < -0.4 is 0 Å². The molecule has 200 valence electrons. The number of benzene rings is 4. The van der Waals surface area contributed by atoms with Crippen molar-refractivity contribution in [2.45, 2.75) is 6.42 Å². The number of allylic oxidation sites excluding steroid dienone is 4. The van der Waals surface area contributed by atoms with Crippen molar-refractivity contribution in [1.82, 2.24) is 0 Å². The van der Waals surface area contributed by atoms with Gasteiger partial charge in [0.05, 0.1) is 25.3 Å². The van der Waals surface area contributed by atoms with Crippen molar-refractivity contribution in [2.75, 3.05) is 14.2 Å². The highest BCUT2D eigenvalue weighted by Gasteiger charge is 2.75. The first-order valence-corrected chi connectivity index (χ1v) is 14.5. The molecule has 4 heteroatoms. The van der Waals surface area contributed by atoms with Crippen molar-refractivity contribution >= 4 is 45.0 Å². The van der Waals surface area contributed by atoms with Gasteiger partial charge in [0.1, 0.15) is 0 Å². The van der Waals surface area contributed by atoms with Crippen LogP contribution >= 0.6 is 0 Å². The molecule has 0 aliphatic heterocycles. The quantitative estimate of drug-likeness (QED) is 0.255. The van der Waals surface area contributed by atoms with E-state index in [2.05, 4.69) is 60.7 Å². The summed E-state index contributed by atoms with van der Waals surface area (Å²) in [7, 11) is 2.86. The van der Waals surface area contributed by atoms with Crippen molar-refractivity contribution in [3.05, 3.63) is 118 Å². The Bertz CT molecular complexity index is 1760. The third-order valence-electron chi connectivity index (χ3n) is 10.7. The molecular weight excluding hydrogens is 508 g/mol. The number of ether oxygens (including phenoxy) is 2. The predicted molar refractivity (Wildman–Crippen MR) is 159 cm³/mol. The molecule has 6 aliphatic carbocycles. The van der Waals surface area contributed by atoms with Crippen LogP contribution in [0.25, 0.3) is 33.1 Å². The fourth-order valence-corrected chi connectivity index (χ4v) is 9.37. The van der Waals surface area contributed by atoms with E-state index in [9.17, 15) is 9.59 Å². The van der Waals surface area contributed by atoms with Crippen molar-refractivity contribution in [3.8, 4) is 0 Å². The Morgan fingerprint density at radius 1 is 0.610 bits per heavy atom. The van der Waals surface area contributed by atoms with Crippen LogP contribution in [0, 0.1) is 35.5 Å². The minimum absolute atomic E-state index is 0.308. The molecule has 4 aromatic carbocycles. The Morgan fingerprint density at radius 3 is 1.49 bits per heavy atom. The second kappa shape index (κ2) is 8.07. The summed E-state index contributed by atoms with van der Waals surface area (Å²) in [5.41, 5.74) is 11.8. The zero-order chi connectivity index (χ0) is 27.6. The summed E-state index contributed by atoms with van der Waals surface area (Å²) in [5.74, 6) is 3.19. The maximum absolute atomic E-state index is 12.3. The molecule has 0 radical (unpaired) electrons. The summed E-state index contributed by atoms with van der Waals surface area (Å²) >= 11 is 0. The van der Waals surface area contributed by atoms with Crippen LogP contribution in [-0.4, -0.2) is 26.2 Å². The molecule has 4 aromatic rings. The van der Waals surface area contributed by atoms with Crippen molar-refractivity contribution in [1.29, 1.82) is 0 Å². The van der Waals surface area contributed by atoms with E-state index >= 15 is 0 Å². The van der Waals surface area contributed by atoms with Crippen LogP contribution in [0.5, 0.6) is 0 Å². The molecule has 6 bridgehead atoms. The number of esters is 2. The fraction of sp³-hybridized carbons (Fsp3) is 0.243. The summed E-state index contributed by atoms with van der Waals surface area (Å²) in [4.78, 5) is 24.5. The zero-order valence-corrected chi connectivity index (χ0v) is 22.9. The van der Waals surface area contributed by atoms with Gasteiger partial charge in [-0.25, -0.2) is 9.59 Å². The average molecular weight is 537 g/mol. The largest absolute Gasteiger partial charge is 0.465 e. The number of rotatable bonds is 4. The van der Waals surface area contributed by atoms with Crippen molar-refractivity contribution < 1.29 is 19.1 Å². The standard InChI is InChI=1S/C37H28O4/c1-40-36(38)21-13-9-19(10-14-21)28-30-23-7-3-5-18-6-4-8-24(27(18)23)31(30)29(20-11-15-22(16-12-20)37(39)41-2)33-25-17-26-34(32(25)28)35(26)33/h3-16,25-26,32-35H,17H2,1-2H3. The highest BCUT2D eigenvalue weighted by molar-refractivity contribution is 6.33. The Morgan fingerprint density at radius 2 is 1.07 bits per heavy atom. The topological polar surface area (TPSA) is 52.6 Å². The summed E-state index contributed by atoms with van der Waals surface area (Å²) in [5, 5.41) is 2.59. The average Bonchev–Trinajstić information content (AvgIpc) is 3.28. The number of carbonyl (C=O) groups is 2. The third-order valence-corrected chi connectivity index (χ3v) is 10.7. The highest BCUT2D eigenvalue weighted by Crippen LogP contribution is 2.82. The summed E-state index contributed by atoms with van der Waals surface area (Å²) in [6, 6.07) is 29.6. The molecule has 4 saturated carbocycles. The summed E-state index contributed by atoms with van der Waals surface area (Å²) in [6.45, 7) is 0. The Balaban J connectivity index is 1.36. The fourth-order valence-electron chi connectivity index (χ4n) is 9.37. The first kappa shape index (κ1) is 23.3. The van der Waals surface area contributed by atoms with Gasteiger partial charge in [-0.05, 0) is 122 Å². The molecule has 0 N–H and O–H groups in total. The molecule has 4 fully saturated rings. The van der Waals surface area contributed by atoms with E-state index in [1.807, 2.05) is 24.3 Å². The number of hydrogen-bond donors (Lipinski definition) is 0. The highest BCUT2D eigenvalue weighted by atomic mass is 16.5. The van der Waals surface area contributed by atoms with Crippen LogP contribution in [0.3, 0.4) is 0 Å². The molecular formula is C37H28O4. The van der Waals surface area contributed by atoms with E-state index in [4.69, 9.17) is 9.47 Å². The van der Waals surface area contributed by atoms with E-state index in [0.29, 0.717) is 40.7 Å². The molecule has 6 aliphatic rings. The molecule has 41 heavy (non-hydrogen) atoms. The number of fused-ring (bicyclic) bond motifs is 3. The molecule has 0 aromatic heterocycles. The van der Waals surface area contributed by atoms with E-state index < -0.39 is 0 Å². The van der Waals surface area contributed by atoms with Gasteiger partial charge in [0.2, 0.25) is 0 Å². The smallest absolute Gasteiger partial charge is 0.337 e. The van der Waals surface area contributed by atoms with Gasteiger partial charge in [-0.2, -0.15) is 0 Å². The lowest BCUT2D eigenvalue weighted by Crippen LogP contribution is -2.14. The molecule has 0 saturated heterocycles. The van der Waals surface area contributed by atoms with Crippen LogP contribution in [0.2, 0.25) is 0 Å². The van der Waals surface area contributed by atoms with Gasteiger partial charge in [-0.15, -0.1) is 0 Å². The molecule has 10 rings (SSSR count). The molecule has 4 nitrogen and oxygen atoms in total. The second-order valence-corrected chi connectivity index (χ2v) is 12.2. The van der Waals surface area contributed by atoms with Gasteiger partial charge in [0.25, 0.3) is 0 Å². The Hall–Kier alpha value is -4.44. The van der Waals surface area contributed by atoms with Gasteiger partial charge in [0.15, 0.2) is 0 Å². The molecule has 4 atom stereocenters. The Kier molecular flexibility index (Phi) is 4.58. The second-order valence-electron chi connectivity index (χ2n) is 12.2. The van der Waals surface area contributed by atoms with Crippen LogP contribution in [-0.2, 0) is 9.47 Å². The van der Waals surface area contributed by atoms with E-state index in [1.54, 1.807) is 0 Å². The van der Waals surface area contributed by atoms with E-state index in [0.717, 1.165) is 5.92 Å². The van der Waals surface area contributed by atoms with E-state index in [1.165, 1.54) is 76.0 Å². The van der Waals surface area contributed by atoms with Gasteiger partial charge >= 0.3 is 11.9 Å². The lowest BCUT2D eigenvalue weighted by atomic mass is 9.80. The SMILES string of the molecule is COC(=O)c1ccc(C2=C3C(=C(c4ccc(C(=O)OC)cc4)C4C5CC6C(C25)C64)c2cccc4cccc3c24)cc1. The van der Waals surface area contributed by atoms with E-state index in [-0.39, 0.29) is 11.9 Å². The zero-order valence-electron chi connectivity index (χ0n) is 22.9. The molecule has 0 heterocycles. The van der Waals surface area contributed by atoms with Gasteiger partial charge in [-0.3, -0.25) is 0 Å². The van der Waals surface area contributed by atoms with Gasteiger partial charge in [0, 0.05) is 0 Å². The monoisotopic (exact) mass is 536 g/mol. The van der Waals surface area contributed by atoms with Crippen molar-refractivity contribution in [2.24, 2.45) is 35.5 Å². The minimum atomic E-state index is -0.308. The minimum Gasteiger partial charge on any atom is -0.465 e. The molecule has 0 spiro atoms. The van der Waals surface area contributed by atoms with Gasteiger partial charge in [-0.1, -0.05) is 60.7 Å². The Labute approximate surface area is 238 Å². The maximum atomic E-state index is 12.3. The number of hydrogen-bond acceptors (Lipinski definition) is 4. The third kappa shape index (κ3) is 2.90. The predicted octanol–water partition coefficient (Wildman–Crippen LogP) is 7.39. The lowest BCUT2D eigenvalue weighted by molar-refractivity contribution is 0.0592. The van der Waals surface area contributed by atoms with Gasteiger partial charge < -0.3 is 9.47 Å². The normalized spacial score (nSPS) is 27.7. The molecule has 0 amide bonds. The number of carbonyl (C=O) groups excluding carboxylic acids is 2. The van der Waals surface area contributed by atoms with Crippen LogP contribution in [0.1, 0.15) is 49.4 Å². The summed E-state index contributed by atoms with van der Waals surface area (Å²) < 4.78 is 9.99. The first-order valence-electron chi connectivity index (χ1n) is 14.5. The first-order chi connectivity index (χ1) is 20.1. The summed E-state index contributed by atoms with van der Waals surface area (Å²) in [6.07, 6.45) is 1.28. The maximum Gasteiger partial charge on any atom is 0.337 e. The number of methoxy groups -OCH3 is 2. The van der Waals surface area contributed by atoms with Crippen LogP contribution in [0.15, 0.2) is 84.9 Å². The van der Waals surface area contributed by atoms with Crippen molar-refractivity contribution in [3.63, 3.8) is 0 Å².